The third kappa shape index (κ3) is 2.26. The fourth-order valence-corrected chi connectivity index (χ4v) is 2.05. The molecular weight excluding hydrogens is 265 g/mol. The van der Waals surface area contributed by atoms with Crippen molar-refractivity contribution in [3.8, 4) is 5.75 Å². The van der Waals surface area contributed by atoms with Crippen molar-refractivity contribution in [1.82, 2.24) is 9.55 Å². The molecule has 108 valence electrons. The molecular formula is C13H16FN3O3. The maximum atomic E-state index is 13.6. The van der Waals surface area contributed by atoms with Crippen molar-refractivity contribution in [3.63, 3.8) is 0 Å². The van der Waals surface area contributed by atoms with Gasteiger partial charge in [0.15, 0.2) is 11.6 Å². The highest BCUT2D eigenvalue weighted by atomic mass is 19.1. The summed E-state index contributed by atoms with van der Waals surface area (Å²) in [4.78, 5) is 15.9. The molecule has 20 heavy (non-hydrogen) atoms. The average molecular weight is 281 g/mol. The summed E-state index contributed by atoms with van der Waals surface area (Å²) in [6.45, 7) is 3.64. The van der Waals surface area contributed by atoms with Crippen molar-refractivity contribution in [2.45, 2.75) is 19.9 Å². The van der Waals surface area contributed by atoms with Crippen LogP contribution in [0.15, 0.2) is 12.1 Å². The van der Waals surface area contributed by atoms with Gasteiger partial charge in [-0.25, -0.2) is 14.2 Å². The third-order valence-electron chi connectivity index (χ3n) is 3.01. The van der Waals surface area contributed by atoms with Crippen LogP contribution in [0, 0.1) is 5.82 Å². The van der Waals surface area contributed by atoms with Gasteiger partial charge in [0.1, 0.15) is 6.04 Å². The zero-order valence-corrected chi connectivity index (χ0v) is 11.5. The van der Waals surface area contributed by atoms with Gasteiger partial charge in [-0.05, 0) is 13.8 Å². The van der Waals surface area contributed by atoms with Gasteiger partial charge in [-0.3, -0.25) is 4.57 Å². The number of methoxy groups -OCH3 is 1. The number of halogens is 1. The number of hydrogen-bond donors (Lipinski definition) is 1. The first-order valence-electron chi connectivity index (χ1n) is 6.17. The second-order valence-electron chi connectivity index (χ2n) is 4.24. The van der Waals surface area contributed by atoms with Crippen molar-refractivity contribution < 1.29 is 18.7 Å². The van der Waals surface area contributed by atoms with Crippen molar-refractivity contribution in [2.24, 2.45) is 0 Å². The van der Waals surface area contributed by atoms with Crippen LogP contribution in [0.4, 0.5) is 10.3 Å². The van der Waals surface area contributed by atoms with Crippen LogP contribution in [-0.2, 0) is 9.53 Å². The number of hydrogen-bond acceptors (Lipinski definition) is 5. The van der Waals surface area contributed by atoms with Crippen molar-refractivity contribution in [1.29, 1.82) is 0 Å². The van der Waals surface area contributed by atoms with Crippen LogP contribution in [0.3, 0.4) is 0 Å². The van der Waals surface area contributed by atoms with Crippen LogP contribution in [-0.4, -0.2) is 29.2 Å². The van der Waals surface area contributed by atoms with Crippen molar-refractivity contribution in [2.75, 3.05) is 19.5 Å². The number of fused-ring (bicyclic) bond motifs is 1. The fourth-order valence-electron chi connectivity index (χ4n) is 2.05. The SMILES string of the molecule is CCOC(=O)C(C)n1c(N)nc2cc(F)c(OC)cc21. The number of aromatic nitrogens is 2. The standard InChI is InChI=1S/C13H16FN3O3/c1-4-20-12(18)7(2)17-10-6-11(19-3)8(14)5-9(10)16-13(17)15/h5-7H,4H2,1-3H3,(H2,15,16). The zero-order valence-electron chi connectivity index (χ0n) is 11.5. The topological polar surface area (TPSA) is 79.4 Å². The monoisotopic (exact) mass is 281 g/mol. The van der Waals surface area contributed by atoms with E-state index in [0.717, 1.165) is 0 Å². The molecule has 0 aliphatic rings. The van der Waals surface area contributed by atoms with Crippen LogP contribution in [0.1, 0.15) is 19.9 Å². The molecule has 2 N–H and O–H groups in total. The molecule has 0 aliphatic heterocycles. The first-order valence-corrected chi connectivity index (χ1v) is 6.17. The summed E-state index contributed by atoms with van der Waals surface area (Å²) in [7, 11) is 1.36. The number of nitrogens with zero attached hydrogens (tertiary/aromatic N) is 2. The number of benzene rings is 1. The normalized spacial score (nSPS) is 12.4. The molecule has 1 heterocycles. The molecule has 7 heteroatoms. The lowest BCUT2D eigenvalue weighted by Gasteiger charge is -2.14. The lowest BCUT2D eigenvalue weighted by Crippen LogP contribution is -2.20. The van der Waals surface area contributed by atoms with E-state index in [1.54, 1.807) is 13.8 Å². The first-order chi connectivity index (χ1) is 9.49. The van der Waals surface area contributed by atoms with Crippen LogP contribution in [0.25, 0.3) is 11.0 Å². The molecule has 0 saturated heterocycles. The number of nitrogens with two attached hydrogens (primary N) is 1. The van der Waals surface area contributed by atoms with Crippen LogP contribution < -0.4 is 10.5 Å². The van der Waals surface area contributed by atoms with Crippen LogP contribution in [0.5, 0.6) is 5.75 Å². The Bertz CT molecular complexity index is 654. The second-order valence-corrected chi connectivity index (χ2v) is 4.24. The summed E-state index contributed by atoms with van der Waals surface area (Å²) in [5, 5.41) is 0. The zero-order chi connectivity index (χ0) is 14.9. The van der Waals surface area contributed by atoms with E-state index >= 15 is 0 Å². The Hall–Kier alpha value is -2.31. The Kier molecular flexibility index (Phi) is 3.78. The van der Waals surface area contributed by atoms with Gasteiger partial charge in [-0.15, -0.1) is 0 Å². The molecule has 0 spiro atoms. The number of imidazole rings is 1. The molecule has 0 saturated carbocycles. The first kappa shape index (κ1) is 14.1. The predicted molar refractivity (Wildman–Crippen MR) is 72.0 cm³/mol. The predicted octanol–water partition coefficient (Wildman–Crippen LogP) is 1.89. The van der Waals surface area contributed by atoms with Gasteiger partial charge < -0.3 is 15.2 Å². The van der Waals surface area contributed by atoms with Crippen LogP contribution in [0.2, 0.25) is 0 Å². The van der Waals surface area contributed by atoms with Gasteiger partial charge in [0.25, 0.3) is 0 Å². The van der Waals surface area contributed by atoms with E-state index < -0.39 is 17.8 Å². The van der Waals surface area contributed by atoms with Crippen LogP contribution >= 0.6 is 0 Å². The summed E-state index contributed by atoms with van der Waals surface area (Å²) in [5.41, 5.74) is 6.68. The lowest BCUT2D eigenvalue weighted by atomic mass is 10.2. The lowest BCUT2D eigenvalue weighted by molar-refractivity contribution is -0.146. The van der Waals surface area contributed by atoms with Gasteiger partial charge in [-0.2, -0.15) is 0 Å². The van der Waals surface area contributed by atoms with E-state index in [0.29, 0.717) is 11.0 Å². The highest BCUT2D eigenvalue weighted by Gasteiger charge is 2.22. The smallest absolute Gasteiger partial charge is 0.328 e. The van der Waals surface area contributed by atoms with E-state index in [4.69, 9.17) is 15.2 Å². The highest BCUT2D eigenvalue weighted by molar-refractivity contribution is 5.84. The largest absolute Gasteiger partial charge is 0.494 e. The molecule has 1 aromatic heterocycles. The molecule has 0 fully saturated rings. The maximum Gasteiger partial charge on any atom is 0.328 e. The van der Waals surface area contributed by atoms with E-state index in [1.807, 2.05) is 0 Å². The number of rotatable bonds is 4. The number of nitrogen functional groups attached to an aromatic ring is 1. The Morgan fingerprint density at radius 2 is 2.25 bits per heavy atom. The van der Waals surface area contributed by atoms with E-state index in [2.05, 4.69) is 4.98 Å². The minimum absolute atomic E-state index is 0.0645. The molecule has 0 amide bonds. The number of anilines is 1. The highest BCUT2D eigenvalue weighted by Crippen LogP contribution is 2.29. The Balaban J connectivity index is 2.57. The number of carbonyl (C=O) groups is 1. The summed E-state index contributed by atoms with van der Waals surface area (Å²) < 4.78 is 25.0. The summed E-state index contributed by atoms with van der Waals surface area (Å²) in [6, 6.07) is 2.03. The molecule has 0 radical (unpaired) electrons. The summed E-state index contributed by atoms with van der Waals surface area (Å²) in [6.07, 6.45) is 0. The number of ether oxygens (including phenoxy) is 2. The fraction of sp³-hybridized carbons (Fsp3) is 0.385. The van der Waals surface area contributed by atoms with Gasteiger partial charge in [0, 0.05) is 12.1 Å². The maximum absolute atomic E-state index is 13.6. The van der Waals surface area contributed by atoms with Gasteiger partial charge in [0.05, 0.1) is 24.8 Å². The Morgan fingerprint density at radius 1 is 1.55 bits per heavy atom. The van der Waals surface area contributed by atoms with E-state index in [1.165, 1.54) is 23.8 Å². The van der Waals surface area contributed by atoms with Gasteiger partial charge in [0.2, 0.25) is 5.95 Å². The van der Waals surface area contributed by atoms with Crippen molar-refractivity contribution in [3.05, 3.63) is 17.9 Å². The molecule has 2 rings (SSSR count). The molecule has 1 unspecified atom stereocenters. The molecule has 0 aliphatic carbocycles. The average Bonchev–Trinajstić information content (AvgIpc) is 2.72. The van der Waals surface area contributed by atoms with E-state index in [9.17, 15) is 9.18 Å². The summed E-state index contributed by atoms with van der Waals surface area (Å²) >= 11 is 0. The van der Waals surface area contributed by atoms with Crippen molar-refractivity contribution >= 4 is 23.0 Å². The number of carbonyl (C=O) groups excluding carboxylic acids is 1. The Labute approximate surface area is 115 Å². The Morgan fingerprint density at radius 3 is 2.85 bits per heavy atom. The number of esters is 1. The molecule has 1 atom stereocenters. The van der Waals surface area contributed by atoms with E-state index in [-0.39, 0.29) is 18.3 Å². The minimum atomic E-state index is -0.657. The quantitative estimate of drug-likeness (QED) is 0.866. The molecule has 0 bridgehead atoms. The molecule has 6 nitrogen and oxygen atoms in total. The van der Waals surface area contributed by atoms with Gasteiger partial charge in [-0.1, -0.05) is 0 Å². The summed E-state index contributed by atoms with van der Waals surface area (Å²) in [5.74, 6) is -0.779. The second kappa shape index (κ2) is 5.36. The minimum Gasteiger partial charge on any atom is -0.494 e. The third-order valence-corrected chi connectivity index (χ3v) is 3.01. The van der Waals surface area contributed by atoms with Gasteiger partial charge >= 0.3 is 5.97 Å². The molecule has 2 aromatic rings. The molecule has 1 aromatic carbocycles.